The number of nitrogens with one attached hydrogen (secondary N) is 2. The zero-order valence-corrected chi connectivity index (χ0v) is 17.2. The minimum absolute atomic E-state index is 0.219. The van der Waals surface area contributed by atoms with Crippen LogP contribution in [0, 0.1) is 5.82 Å². The van der Waals surface area contributed by atoms with Crippen molar-refractivity contribution in [1.82, 2.24) is 20.5 Å². The number of halogens is 1. The van der Waals surface area contributed by atoms with Gasteiger partial charge in [0.1, 0.15) is 0 Å². The number of hydrogen-bond acceptors (Lipinski definition) is 5. The van der Waals surface area contributed by atoms with E-state index >= 15 is 0 Å². The molecule has 0 aliphatic carbocycles. The molecule has 2 aliphatic heterocycles. The topological polar surface area (TPSA) is 65.0 Å². The Labute approximate surface area is 167 Å². The van der Waals surface area contributed by atoms with Gasteiger partial charge in [-0.2, -0.15) is 0 Å². The molecule has 156 valence electrons. The van der Waals surface area contributed by atoms with Crippen molar-refractivity contribution < 1.29 is 9.13 Å². The highest BCUT2D eigenvalue weighted by Crippen LogP contribution is 2.20. The molecule has 2 aliphatic rings. The molecule has 1 aromatic rings. The fraction of sp³-hybridized carbons (Fsp3) is 0.700. The lowest BCUT2D eigenvalue weighted by Gasteiger charge is -2.37. The second-order valence-corrected chi connectivity index (χ2v) is 7.62. The number of nitrogens with zero attached hydrogens (tertiary/aromatic N) is 4. The molecule has 0 aromatic carbocycles. The van der Waals surface area contributed by atoms with Gasteiger partial charge in [-0.05, 0) is 39.3 Å². The number of guanidine groups is 1. The maximum Gasteiger partial charge on any atom is 0.191 e. The van der Waals surface area contributed by atoms with E-state index in [-0.39, 0.29) is 11.9 Å². The molecule has 1 aromatic heterocycles. The molecule has 0 radical (unpaired) electrons. The van der Waals surface area contributed by atoms with Gasteiger partial charge in [-0.15, -0.1) is 0 Å². The number of ether oxygens (including phenoxy) is 1. The predicted octanol–water partition coefficient (Wildman–Crippen LogP) is 1.46. The Balaban J connectivity index is 1.55. The van der Waals surface area contributed by atoms with Crippen molar-refractivity contribution in [3.63, 3.8) is 0 Å². The Bertz CT molecular complexity index is 657. The maximum atomic E-state index is 14.0. The van der Waals surface area contributed by atoms with Crippen LogP contribution in [0.5, 0.6) is 0 Å². The number of anilines is 1. The van der Waals surface area contributed by atoms with Gasteiger partial charge < -0.3 is 20.3 Å². The van der Waals surface area contributed by atoms with Crippen molar-refractivity contribution >= 4 is 11.8 Å². The van der Waals surface area contributed by atoms with Gasteiger partial charge in [0.15, 0.2) is 17.6 Å². The molecule has 8 heteroatoms. The van der Waals surface area contributed by atoms with Crippen LogP contribution >= 0.6 is 0 Å². The van der Waals surface area contributed by atoms with E-state index in [0.29, 0.717) is 24.4 Å². The van der Waals surface area contributed by atoms with Crippen LogP contribution in [0.15, 0.2) is 23.3 Å². The summed E-state index contributed by atoms with van der Waals surface area (Å²) in [4.78, 5) is 13.4. The van der Waals surface area contributed by atoms with Gasteiger partial charge in [0.05, 0.1) is 19.8 Å². The number of aromatic nitrogens is 1. The van der Waals surface area contributed by atoms with Gasteiger partial charge in [0, 0.05) is 50.5 Å². The van der Waals surface area contributed by atoms with E-state index in [2.05, 4.69) is 41.3 Å². The molecular weight excluding hydrogens is 359 g/mol. The molecule has 3 rings (SSSR count). The molecular formula is C20H33FN6O. The summed E-state index contributed by atoms with van der Waals surface area (Å²) in [6.45, 7) is 12.0. The molecule has 2 fully saturated rings. The number of rotatable bonds is 6. The average Bonchev–Trinajstić information content (AvgIpc) is 3.15. The summed E-state index contributed by atoms with van der Waals surface area (Å²) in [5.74, 6) is 0.990. The molecule has 7 nitrogen and oxygen atoms in total. The van der Waals surface area contributed by atoms with Crippen LogP contribution in [0.2, 0.25) is 0 Å². The van der Waals surface area contributed by atoms with E-state index < -0.39 is 0 Å². The van der Waals surface area contributed by atoms with Gasteiger partial charge >= 0.3 is 0 Å². The van der Waals surface area contributed by atoms with E-state index in [1.165, 1.54) is 6.07 Å². The minimum atomic E-state index is -0.267. The molecule has 0 amide bonds. The summed E-state index contributed by atoms with van der Waals surface area (Å²) >= 11 is 0. The predicted molar refractivity (Wildman–Crippen MR) is 110 cm³/mol. The summed E-state index contributed by atoms with van der Waals surface area (Å²) in [6, 6.07) is 4.08. The number of morpholine rings is 1. The van der Waals surface area contributed by atoms with Crippen LogP contribution in [-0.4, -0.2) is 79.9 Å². The zero-order chi connectivity index (χ0) is 19.9. The Morgan fingerprint density at radius 2 is 2.32 bits per heavy atom. The second-order valence-electron chi connectivity index (χ2n) is 7.62. The highest BCUT2D eigenvalue weighted by atomic mass is 19.1. The standard InChI is InChI=1S/C20H33FN6O/c1-4-22-20(24-12-15(2)27-10-11-28-14-16(27)3)25-17-7-9-26(13-17)19-18(21)6-5-8-23-19/h5-6,8,15-17H,4,7,9-14H2,1-3H3,(H2,22,24,25). The van der Waals surface area contributed by atoms with Crippen LogP contribution in [0.4, 0.5) is 10.2 Å². The normalized spacial score (nSPS) is 25.0. The largest absolute Gasteiger partial charge is 0.379 e. The van der Waals surface area contributed by atoms with E-state index in [1.807, 2.05) is 4.90 Å². The third-order valence-electron chi connectivity index (χ3n) is 5.41. The first-order valence-electron chi connectivity index (χ1n) is 10.3. The molecule has 0 spiro atoms. The smallest absolute Gasteiger partial charge is 0.191 e. The van der Waals surface area contributed by atoms with Gasteiger partial charge in [-0.3, -0.25) is 9.89 Å². The summed E-state index contributed by atoms with van der Waals surface area (Å²) in [5.41, 5.74) is 0. The summed E-state index contributed by atoms with van der Waals surface area (Å²) in [7, 11) is 0. The lowest BCUT2D eigenvalue weighted by molar-refractivity contribution is -0.0165. The summed E-state index contributed by atoms with van der Waals surface area (Å²) < 4.78 is 19.5. The molecule has 28 heavy (non-hydrogen) atoms. The molecule has 2 N–H and O–H groups in total. The Kier molecular flexibility index (Phi) is 7.44. The van der Waals surface area contributed by atoms with Crippen LogP contribution in [0.3, 0.4) is 0 Å². The van der Waals surface area contributed by atoms with Crippen LogP contribution in [0.1, 0.15) is 27.2 Å². The first-order valence-corrected chi connectivity index (χ1v) is 10.3. The van der Waals surface area contributed by atoms with E-state index in [1.54, 1.807) is 12.3 Å². The SMILES string of the molecule is CCNC(=NCC(C)N1CCOCC1C)NC1CCN(c2ncccc2F)C1. The van der Waals surface area contributed by atoms with Crippen molar-refractivity contribution in [3.05, 3.63) is 24.1 Å². The van der Waals surface area contributed by atoms with Crippen molar-refractivity contribution in [1.29, 1.82) is 0 Å². The van der Waals surface area contributed by atoms with Crippen LogP contribution in [0.25, 0.3) is 0 Å². The number of aliphatic imine (C=N–C) groups is 1. The Morgan fingerprint density at radius 1 is 1.46 bits per heavy atom. The van der Waals surface area contributed by atoms with E-state index in [9.17, 15) is 4.39 Å². The minimum Gasteiger partial charge on any atom is -0.379 e. The molecule has 2 saturated heterocycles. The van der Waals surface area contributed by atoms with Gasteiger partial charge in [0.2, 0.25) is 0 Å². The van der Waals surface area contributed by atoms with Gasteiger partial charge in [0.25, 0.3) is 0 Å². The third kappa shape index (κ3) is 5.32. The average molecular weight is 393 g/mol. The number of pyridine rings is 1. The molecule has 3 atom stereocenters. The fourth-order valence-electron chi connectivity index (χ4n) is 3.92. The van der Waals surface area contributed by atoms with Crippen molar-refractivity contribution in [2.45, 2.75) is 45.3 Å². The highest BCUT2D eigenvalue weighted by molar-refractivity contribution is 5.80. The van der Waals surface area contributed by atoms with Crippen molar-refractivity contribution in [2.75, 3.05) is 50.8 Å². The Morgan fingerprint density at radius 3 is 3.07 bits per heavy atom. The molecule has 3 heterocycles. The molecule has 0 bridgehead atoms. The van der Waals surface area contributed by atoms with E-state index in [4.69, 9.17) is 9.73 Å². The fourth-order valence-corrected chi connectivity index (χ4v) is 3.92. The second kappa shape index (κ2) is 10.0. The summed E-state index contributed by atoms with van der Waals surface area (Å²) in [6.07, 6.45) is 2.56. The van der Waals surface area contributed by atoms with Crippen LogP contribution in [-0.2, 0) is 4.74 Å². The quantitative estimate of drug-likeness (QED) is 0.565. The van der Waals surface area contributed by atoms with Crippen molar-refractivity contribution in [2.24, 2.45) is 4.99 Å². The van der Waals surface area contributed by atoms with Gasteiger partial charge in [-0.25, -0.2) is 9.37 Å². The first-order chi connectivity index (χ1) is 13.6. The zero-order valence-electron chi connectivity index (χ0n) is 17.2. The molecule has 0 saturated carbocycles. The molecule has 3 unspecified atom stereocenters. The number of hydrogen-bond donors (Lipinski definition) is 2. The van der Waals surface area contributed by atoms with Gasteiger partial charge in [-0.1, -0.05) is 0 Å². The lowest BCUT2D eigenvalue weighted by Crippen LogP contribution is -2.50. The van der Waals surface area contributed by atoms with Crippen LogP contribution < -0.4 is 15.5 Å². The van der Waals surface area contributed by atoms with Crippen molar-refractivity contribution in [3.8, 4) is 0 Å². The summed E-state index contributed by atoms with van der Waals surface area (Å²) in [5, 5.41) is 6.84. The Hall–Kier alpha value is -1.93. The third-order valence-corrected chi connectivity index (χ3v) is 5.41. The lowest BCUT2D eigenvalue weighted by atomic mass is 10.2. The highest BCUT2D eigenvalue weighted by Gasteiger charge is 2.26. The first kappa shape index (κ1) is 20.8. The maximum absolute atomic E-state index is 14.0. The van der Waals surface area contributed by atoms with E-state index in [0.717, 1.165) is 51.8 Å². The monoisotopic (exact) mass is 392 g/mol.